The number of nitrogens with zero attached hydrogens (tertiary/aromatic N) is 2. The van der Waals surface area contributed by atoms with E-state index in [4.69, 9.17) is 13.9 Å². The van der Waals surface area contributed by atoms with Gasteiger partial charge in [0, 0.05) is 26.8 Å². The maximum absolute atomic E-state index is 13.5. The predicted molar refractivity (Wildman–Crippen MR) is 87.7 cm³/mol. The van der Waals surface area contributed by atoms with Crippen molar-refractivity contribution in [2.75, 3.05) is 26.8 Å². The van der Waals surface area contributed by atoms with Crippen LogP contribution in [0.25, 0.3) is 0 Å². The fraction of sp³-hybridized carbons (Fsp3) is 0.444. The molecule has 1 amide bonds. The molecule has 26 heavy (non-hydrogen) atoms. The van der Waals surface area contributed by atoms with E-state index in [1.54, 1.807) is 12.0 Å². The molecule has 1 aliphatic rings. The third kappa shape index (κ3) is 4.19. The van der Waals surface area contributed by atoms with Crippen LogP contribution in [0.15, 0.2) is 28.9 Å². The van der Waals surface area contributed by atoms with Crippen LogP contribution < -0.4 is 4.74 Å². The van der Waals surface area contributed by atoms with Crippen LogP contribution in [-0.2, 0) is 11.3 Å². The van der Waals surface area contributed by atoms with Crippen LogP contribution >= 0.6 is 0 Å². The Morgan fingerprint density at radius 2 is 2.12 bits per heavy atom. The van der Waals surface area contributed by atoms with E-state index in [1.165, 1.54) is 18.4 Å². The highest BCUT2D eigenvalue weighted by Gasteiger charge is 2.25. The third-order valence-electron chi connectivity index (χ3n) is 4.34. The molecular weight excluding hydrogens is 346 g/mol. The molecule has 140 valence electrons. The number of aromatic nitrogens is 1. The topological polar surface area (TPSA) is 64.8 Å². The Labute approximate surface area is 149 Å². The summed E-state index contributed by atoms with van der Waals surface area (Å²) < 4.78 is 42.2. The van der Waals surface area contributed by atoms with Gasteiger partial charge in [-0.2, -0.15) is 4.39 Å². The van der Waals surface area contributed by atoms with Crippen LogP contribution in [-0.4, -0.2) is 42.6 Å². The van der Waals surface area contributed by atoms with Gasteiger partial charge >= 0.3 is 0 Å². The first-order valence-electron chi connectivity index (χ1n) is 8.38. The lowest BCUT2D eigenvalue weighted by atomic mass is 9.98. The summed E-state index contributed by atoms with van der Waals surface area (Å²) in [5.74, 6) is -1.95. The summed E-state index contributed by atoms with van der Waals surface area (Å²) in [4.78, 5) is 18.3. The molecule has 1 aromatic carbocycles. The van der Waals surface area contributed by atoms with Gasteiger partial charge in [0.25, 0.3) is 5.91 Å². The first kappa shape index (κ1) is 18.3. The molecule has 0 N–H and O–H groups in total. The molecule has 0 unspecified atom stereocenters. The molecule has 0 saturated carbocycles. The lowest BCUT2D eigenvalue weighted by Gasteiger charge is -2.31. The number of carbonyl (C=O) groups is 1. The predicted octanol–water partition coefficient (Wildman–Crippen LogP) is 3.03. The van der Waals surface area contributed by atoms with E-state index in [0.29, 0.717) is 25.6 Å². The highest BCUT2D eigenvalue weighted by atomic mass is 19.2. The minimum atomic E-state index is -1.07. The first-order valence-corrected chi connectivity index (χ1v) is 8.38. The number of amides is 1. The summed E-state index contributed by atoms with van der Waals surface area (Å²) in [5.41, 5.74) is 0.175. The normalized spacial score (nSPS) is 15.3. The number of benzene rings is 1. The zero-order valence-corrected chi connectivity index (χ0v) is 14.4. The van der Waals surface area contributed by atoms with Gasteiger partial charge in [0.2, 0.25) is 11.7 Å². The van der Waals surface area contributed by atoms with Gasteiger partial charge in [-0.05, 0) is 30.9 Å². The van der Waals surface area contributed by atoms with Crippen molar-refractivity contribution in [1.82, 2.24) is 9.88 Å². The average Bonchev–Trinajstić information content (AvgIpc) is 3.12. The van der Waals surface area contributed by atoms with Gasteiger partial charge in [0.15, 0.2) is 23.9 Å². The number of rotatable bonds is 6. The molecule has 2 aromatic rings. The van der Waals surface area contributed by atoms with E-state index in [-0.39, 0.29) is 29.8 Å². The van der Waals surface area contributed by atoms with Crippen LogP contribution in [0.4, 0.5) is 8.78 Å². The summed E-state index contributed by atoms with van der Waals surface area (Å²) in [6.45, 7) is 1.77. The molecule has 6 nitrogen and oxygen atoms in total. The average molecular weight is 366 g/mol. The fourth-order valence-electron chi connectivity index (χ4n) is 2.91. The Kier molecular flexibility index (Phi) is 5.82. The third-order valence-corrected chi connectivity index (χ3v) is 4.34. The van der Waals surface area contributed by atoms with Gasteiger partial charge in [-0.3, -0.25) is 4.79 Å². The number of ether oxygens (including phenoxy) is 2. The van der Waals surface area contributed by atoms with Crippen molar-refractivity contribution < 1.29 is 27.5 Å². The minimum absolute atomic E-state index is 0.117. The van der Waals surface area contributed by atoms with Gasteiger partial charge in [-0.15, -0.1) is 0 Å². The number of likely N-dealkylation sites (tertiary alicyclic amines) is 1. The van der Waals surface area contributed by atoms with E-state index in [1.807, 2.05) is 0 Å². The number of oxazole rings is 1. The standard InChI is InChI=1S/C18H20F2N2O4/c1-24-9-12-5-7-22(8-6-12)18(23)14-10-26-16(21-14)11-25-15-4-2-3-13(19)17(15)20/h2-4,10,12H,5-9,11H2,1H3. The number of hydrogen-bond donors (Lipinski definition) is 0. The smallest absolute Gasteiger partial charge is 0.275 e. The minimum Gasteiger partial charge on any atom is -0.481 e. The summed E-state index contributed by atoms with van der Waals surface area (Å²) in [6.07, 6.45) is 3.02. The van der Waals surface area contributed by atoms with Crippen LogP contribution in [0.1, 0.15) is 29.2 Å². The van der Waals surface area contributed by atoms with Gasteiger partial charge in [-0.1, -0.05) is 6.07 Å². The summed E-state index contributed by atoms with van der Waals surface area (Å²) in [5, 5.41) is 0. The van der Waals surface area contributed by atoms with Crippen molar-refractivity contribution in [2.24, 2.45) is 5.92 Å². The van der Waals surface area contributed by atoms with Gasteiger partial charge in [0.05, 0.1) is 0 Å². The molecule has 1 fully saturated rings. The number of carbonyl (C=O) groups excluding carboxylic acids is 1. The zero-order chi connectivity index (χ0) is 18.5. The largest absolute Gasteiger partial charge is 0.481 e. The van der Waals surface area contributed by atoms with Crippen molar-refractivity contribution in [1.29, 1.82) is 0 Å². The van der Waals surface area contributed by atoms with E-state index in [0.717, 1.165) is 18.9 Å². The van der Waals surface area contributed by atoms with Crippen LogP contribution in [0, 0.1) is 17.6 Å². The molecule has 3 rings (SSSR count). The number of methoxy groups -OCH3 is 1. The second kappa shape index (κ2) is 8.27. The molecule has 0 radical (unpaired) electrons. The molecular formula is C18H20F2N2O4. The maximum atomic E-state index is 13.5. The lowest BCUT2D eigenvalue weighted by Crippen LogP contribution is -2.39. The van der Waals surface area contributed by atoms with E-state index >= 15 is 0 Å². The SMILES string of the molecule is COCC1CCN(C(=O)c2coc(COc3cccc(F)c3F)n2)CC1. The molecule has 2 heterocycles. The summed E-state index contributed by atoms with van der Waals surface area (Å²) >= 11 is 0. The zero-order valence-electron chi connectivity index (χ0n) is 14.4. The first-order chi connectivity index (χ1) is 12.6. The van der Waals surface area contributed by atoms with Crippen LogP contribution in [0.5, 0.6) is 5.75 Å². The molecule has 1 saturated heterocycles. The Hall–Kier alpha value is -2.48. The lowest BCUT2D eigenvalue weighted by molar-refractivity contribution is 0.0608. The van der Waals surface area contributed by atoms with Crippen LogP contribution in [0.2, 0.25) is 0 Å². The van der Waals surface area contributed by atoms with Crippen LogP contribution in [0.3, 0.4) is 0 Å². The monoisotopic (exact) mass is 366 g/mol. The van der Waals surface area contributed by atoms with E-state index < -0.39 is 11.6 Å². The molecule has 0 aliphatic carbocycles. The van der Waals surface area contributed by atoms with Gasteiger partial charge in [-0.25, -0.2) is 9.37 Å². The Balaban J connectivity index is 1.56. The molecule has 1 aromatic heterocycles. The van der Waals surface area contributed by atoms with E-state index in [9.17, 15) is 13.6 Å². The quantitative estimate of drug-likeness (QED) is 0.786. The van der Waals surface area contributed by atoms with E-state index in [2.05, 4.69) is 4.98 Å². The molecule has 1 aliphatic heterocycles. The highest BCUT2D eigenvalue weighted by Crippen LogP contribution is 2.21. The molecule has 0 bridgehead atoms. The molecule has 0 spiro atoms. The van der Waals surface area contributed by atoms with Crippen molar-refractivity contribution in [3.63, 3.8) is 0 Å². The van der Waals surface area contributed by atoms with Crippen molar-refractivity contribution in [3.05, 3.63) is 47.7 Å². The van der Waals surface area contributed by atoms with Crippen molar-refractivity contribution in [2.45, 2.75) is 19.4 Å². The Morgan fingerprint density at radius 1 is 1.35 bits per heavy atom. The number of halogens is 2. The summed E-state index contributed by atoms with van der Waals surface area (Å²) in [6, 6.07) is 3.64. The Morgan fingerprint density at radius 3 is 2.85 bits per heavy atom. The summed E-state index contributed by atoms with van der Waals surface area (Å²) in [7, 11) is 1.67. The number of piperidine rings is 1. The van der Waals surface area contributed by atoms with Gasteiger partial charge in [0.1, 0.15) is 6.26 Å². The second-order valence-corrected chi connectivity index (χ2v) is 6.16. The maximum Gasteiger partial charge on any atom is 0.275 e. The molecule has 8 heteroatoms. The Bertz CT molecular complexity index is 757. The van der Waals surface area contributed by atoms with Gasteiger partial charge < -0.3 is 18.8 Å². The second-order valence-electron chi connectivity index (χ2n) is 6.16. The highest BCUT2D eigenvalue weighted by molar-refractivity contribution is 5.92. The molecule has 0 atom stereocenters. The number of hydrogen-bond acceptors (Lipinski definition) is 5. The fourth-order valence-corrected chi connectivity index (χ4v) is 2.91. The van der Waals surface area contributed by atoms with Crippen molar-refractivity contribution >= 4 is 5.91 Å². The van der Waals surface area contributed by atoms with Crippen molar-refractivity contribution in [3.8, 4) is 5.75 Å².